The van der Waals surface area contributed by atoms with Gasteiger partial charge in [0.2, 0.25) is 5.91 Å². The summed E-state index contributed by atoms with van der Waals surface area (Å²) in [6.07, 6.45) is 2.06. The van der Waals surface area contributed by atoms with Gasteiger partial charge in [0.05, 0.1) is 17.6 Å². The number of nitrogens with zero attached hydrogens (tertiary/aromatic N) is 2. The van der Waals surface area contributed by atoms with Crippen LogP contribution < -0.4 is 16.2 Å². The first-order valence-electron chi connectivity index (χ1n) is 8.86. The van der Waals surface area contributed by atoms with Crippen molar-refractivity contribution < 1.29 is 14.4 Å². The maximum Gasteiger partial charge on any atom is 0.309 e. The van der Waals surface area contributed by atoms with Crippen LogP contribution in [-0.2, 0) is 20.9 Å². The highest BCUT2D eigenvalue weighted by Gasteiger charge is 2.19. The number of aromatic amines is 1. The van der Waals surface area contributed by atoms with E-state index in [0.29, 0.717) is 42.4 Å². The lowest BCUT2D eigenvalue weighted by Crippen LogP contribution is -2.40. The molecule has 0 radical (unpaired) electrons. The molecule has 3 rings (SSSR count). The fourth-order valence-corrected chi connectivity index (χ4v) is 3.04. The quantitative estimate of drug-likeness (QED) is 0.474. The number of H-pyrrole nitrogens is 1. The first-order valence-corrected chi connectivity index (χ1v) is 8.86. The molecule has 27 heavy (non-hydrogen) atoms. The van der Waals surface area contributed by atoms with E-state index in [1.54, 1.807) is 29.2 Å². The fraction of sp³-hybridized carbons (Fsp3) is 0.389. The lowest BCUT2D eigenvalue weighted by molar-refractivity contribution is -0.139. The number of carbonyl (C=O) groups excluding carboxylic acids is 3. The summed E-state index contributed by atoms with van der Waals surface area (Å²) in [5.41, 5.74) is 0.161. The Morgan fingerprint density at radius 3 is 2.59 bits per heavy atom. The Morgan fingerprint density at radius 1 is 1.11 bits per heavy atom. The van der Waals surface area contributed by atoms with Crippen molar-refractivity contribution in [2.45, 2.75) is 25.8 Å². The first kappa shape index (κ1) is 18.6. The summed E-state index contributed by atoms with van der Waals surface area (Å²) in [6, 6.07) is 6.91. The third-order valence-corrected chi connectivity index (χ3v) is 4.46. The van der Waals surface area contributed by atoms with Crippen molar-refractivity contribution in [3.05, 3.63) is 40.3 Å². The number of nitrogens with one attached hydrogen (secondary N) is 3. The van der Waals surface area contributed by atoms with Gasteiger partial charge >= 0.3 is 11.8 Å². The van der Waals surface area contributed by atoms with Gasteiger partial charge in [0.1, 0.15) is 0 Å². The van der Waals surface area contributed by atoms with E-state index in [0.717, 1.165) is 13.0 Å². The largest absolute Gasteiger partial charge is 0.348 e. The number of fused-ring (bicyclic) bond motifs is 1. The van der Waals surface area contributed by atoms with E-state index in [9.17, 15) is 19.2 Å². The summed E-state index contributed by atoms with van der Waals surface area (Å²) in [5.74, 6) is -1.37. The topological polar surface area (TPSA) is 124 Å². The molecule has 0 unspecified atom stereocenters. The van der Waals surface area contributed by atoms with Gasteiger partial charge in [-0.2, -0.15) is 5.10 Å². The maximum atomic E-state index is 11.9. The Hall–Kier alpha value is -3.23. The zero-order chi connectivity index (χ0) is 19.2. The van der Waals surface area contributed by atoms with Gasteiger partial charge in [0.15, 0.2) is 0 Å². The average Bonchev–Trinajstić information content (AvgIpc) is 3.09. The Balaban J connectivity index is 1.46. The molecule has 142 valence electrons. The molecule has 1 saturated heterocycles. The number of hydrogen-bond acceptors (Lipinski definition) is 5. The molecule has 9 heteroatoms. The molecule has 0 saturated carbocycles. The van der Waals surface area contributed by atoms with Gasteiger partial charge in [-0.3, -0.25) is 19.2 Å². The molecule has 1 aliphatic rings. The number of likely N-dealkylation sites (tertiary alicyclic amines) is 1. The van der Waals surface area contributed by atoms with Gasteiger partial charge in [0, 0.05) is 31.4 Å². The van der Waals surface area contributed by atoms with Gasteiger partial charge in [-0.25, -0.2) is 5.10 Å². The van der Waals surface area contributed by atoms with Crippen LogP contribution in [0.4, 0.5) is 0 Å². The summed E-state index contributed by atoms with van der Waals surface area (Å²) < 4.78 is 0. The summed E-state index contributed by atoms with van der Waals surface area (Å²) in [4.78, 5) is 48.8. The predicted molar refractivity (Wildman–Crippen MR) is 97.7 cm³/mol. The third-order valence-electron chi connectivity index (χ3n) is 4.46. The number of rotatable bonds is 6. The van der Waals surface area contributed by atoms with Gasteiger partial charge in [-0.05, 0) is 18.9 Å². The second-order valence-corrected chi connectivity index (χ2v) is 6.32. The monoisotopic (exact) mass is 371 g/mol. The summed E-state index contributed by atoms with van der Waals surface area (Å²) >= 11 is 0. The van der Waals surface area contributed by atoms with E-state index in [4.69, 9.17) is 0 Å². The van der Waals surface area contributed by atoms with Crippen molar-refractivity contribution in [1.82, 2.24) is 25.7 Å². The van der Waals surface area contributed by atoms with Crippen molar-refractivity contribution in [1.29, 1.82) is 0 Å². The van der Waals surface area contributed by atoms with Crippen molar-refractivity contribution in [2.75, 3.05) is 19.6 Å². The molecule has 9 nitrogen and oxygen atoms in total. The molecular weight excluding hydrogens is 350 g/mol. The highest BCUT2D eigenvalue weighted by molar-refractivity contribution is 6.35. The van der Waals surface area contributed by atoms with E-state index >= 15 is 0 Å². The lowest BCUT2D eigenvalue weighted by atomic mass is 10.1. The number of aromatic nitrogens is 2. The molecule has 1 aromatic heterocycles. The van der Waals surface area contributed by atoms with Crippen molar-refractivity contribution in [3.8, 4) is 0 Å². The smallest absolute Gasteiger partial charge is 0.309 e. The fourth-order valence-electron chi connectivity index (χ4n) is 3.04. The second kappa shape index (κ2) is 8.43. The number of benzene rings is 1. The standard InChI is InChI=1S/C18H21N5O4/c24-15-7-3-9-23(15)10-4-8-19-17(26)18(27)20-11-14-12-5-1-2-6-13(12)16(25)22-21-14/h1-2,5-6H,3-4,7-11H2,(H,19,26)(H,20,27)(H,22,25). The van der Waals surface area contributed by atoms with Crippen LogP contribution >= 0.6 is 0 Å². The average molecular weight is 371 g/mol. The first-order chi connectivity index (χ1) is 13.1. The molecule has 1 aromatic carbocycles. The summed E-state index contributed by atoms with van der Waals surface area (Å²) in [5, 5.41) is 12.4. The van der Waals surface area contributed by atoms with Crippen LogP contribution in [0, 0.1) is 0 Å². The van der Waals surface area contributed by atoms with E-state index in [2.05, 4.69) is 20.8 Å². The third kappa shape index (κ3) is 4.49. The highest BCUT2D eigenvalue weighted by atomic mass is 16.2. The van der Waals surface area contributed by atoms with Crippen molar-refractivity contribution in [2.24, 2.45) is 0 Å². The molecule has 0 atom stereocenters. The maximum absolute atomic E-state index is 11.9. The van der Waals surface area contributed by atoms with Gasteiger partial charge in [-0.1, -0.05) is 18.2 Å². The normalized spacial score (nSPS) is 13.8. The SMILES string of the molecule is O=C(NCCCN1CCCC1=O)C(=O)NCc1n[nH]c(=O)c2ccccc12. The summed E-state index contributed by atoms with van der Waals surface area (Å²) in [7, 11) is 0. The minimum Gasteiger partial charge on any atom is -0.348 e. The molecule has 1 fully saturated rings. The lowest BCUT2D eigenvalue weighted by Gasteiger charge is -2.15. The second-order valence-electron chi connectivity index (χ2n) is 6.32. The van der Waals surface area contributed by atoms with Crippen LogP contribution in [0.25, 0.3) is 10.8 Å². The Morgan fingerprint density at radius 2 is 1.85 bits per heavy atom. The minimum absolute atomic E-state index is 0.0197. The van der Waals surface area contributed by atoms with Gasteiger partial charge in [-0.15, -0.1) is 0 Å². The Kier molecular flexibility index (Phi) is 5.80. The number of hydrogen-bond donors (Lipinski definition) is 3. The zero-order valence-electron chi connectivity index (χ0n) is 14.8. The van der Waals surface area contributed by atoms with Crippen molar-refractivity contribution >= 4 is 28.5 Å². The summed E-state index contributed by atoms with van der Waals surface area (Å²) in [6.45, 7) is 1.67. The minimum atomic E-state index is -0.774. The van der Waals surface area contributed by atoms with Crippen LogP contribution in [0.1, 0.15) is 25.0 Å². The molecule has 0 aliphatic carbocycles. The van der Waals surface area contributed by atoms with E-state index < -0.39 is 11.8 Å². The van der Waals surface area contributed by atoms with Crippen LogP contribution in [0.5, 0.6) is 0 Å². The molecule has 1 aliphatic heterocycles. The molecule has 0 bridgehead atoms. The molecule has 2 aromatic rings. The van der Waals surface area contributed by atoms with Crippen molar-refractivity contribution in [3.63, 3.8) is 0 Å². The number of carbonyl (C=O) groups is 3. The predicted octanol–water partition coefficient (Wildman–Crippen LogP) is -0.332. The van der Waals surface area contributed by atoms with E-state index in [1.807, 2.05) is 0 Å². The molecule has 2 heterocycles. The molecular formula is C18H21N5O4. The molecule has 3 amide bonds. The Labute approximate surface area is 155 Å². The molecule has 0 spiro atoms. The Bertz CT molecular complexity index is 923. The van der Waals surface area contributed by atoms with Gasteiger partial charge < -0.3 is 15.5 Å². The van der Waals surface area contributed by atoms with Crippen LogP contribution in [0.3, 0.4) is 0 Å². The van der Waals surface area contributed by atoms with Crippen LogP contribution in [-0.4, -0.2) is 52.5 Å². The zero-order valence-corrected chi connectivity index (χ0v) is 14.8. The molecule has 3 N–H and O–H groups in total. The highest BCUT2D eigenvalue weighted by Crippen LogP contribution is 2.12. The van der Waals surface area contributed by atoms with Gasteiger partial charge in [0.25, 0.3) is 5.56 Å². The van der Waals surface area contributed by atoms with Crippen LogP contribution in [0.15, 0.2) is 29.1 Å². The number of amides is 3. The van der Waals surface area contributed by atoms with E-state index in [-0.39, 0.29) is 18.0 Å². The van der Waals surface area contributed by atoms with E-state index in [1.165, 1.54) is 0 Å². The van der Waals surface area contributed by atoms with Crippen LogP contribution in [0.2, 0.25) is 0 Å².